The van der Waals surface area contributed by atoms with E-state index in [0.29, 0.717) is 12.2 Å². The number of ether oxygens (including phenoxy) is 1. The summed E-state index contributed by atoms with van der Waals surface area (Å²) < 4.78 is 6.23. The molecule has 0 saturated heterocycles. The van der Waals surface area contributed by atoms with E-state index in [9.17, 15) is 0 Å². The molecule has 0 aromatic carbocycles. The molecule has 0 amide bonds. The van der Waals surface area contributed by atoms with E-state index in [1.165, 1.54) is 51.4 Å². The molecule has 0 heterocycles. The smallest absolute Gasteiger partial charge is 0.0579 e. The van der Waals surface area contributed by atoms with Crippen molar-refractivity contribution in [2.24, 2.45) is 11.8 Å². The van der Waals surface area contributed by atoms with Crippen LogP contribution in [0.3, 0.4) is 0 Å². The van der Waals surface area contributed by atoms with E-state index in [4.69, 9.17) is 27.9 Å². The minimum atomic E-state index is 0.506. The third-order valence-electron chi connectivity index (χ3n) is 4.41. The number of rotatable bonds is 4. The van der Waals surface area contributed by atoms with Crippen LogP contribution in [0.15, 0.2) is 0 Å². The molecule has 2 saturated carbocycles. The first-order chi connectivity index (χ1) is 8.31. The van der Waals surface area contributed by atoms with Crippen LogP contribution in [0.1, 0.15) is 51.4 Å². The maximum absolute atomic E-state index is 6.23. The molecule has 17 heavy (non-hydrogen) atoms. The van der Waals surface area contributed by atoms with Crippen molar-refractivity contribution < 1.29 is 4.74 Å². The third kappa shape index (κ3) is 4.29. The molecule has 2 aliphatic rings. The molecule has 0 atom stereocenters. The van der Waals surface area contributed by atoms with Crippen molar-refractivity contribution in [2.45, 2.75) is 63.6 Å². The Labute approximate surface area is 115 Å². The van der Waals surface area contributed by atoms with Gasteiger partial charge in [0.1, 0.15) is 0 Å². The van der Waals surface area contributed by atoms with Crippen molar-refractivity contribution in [1.82, 2.24) is 0 Å². The zero-order valence-electron chi connectivity index (χ0n) is 10.5. The third-order valence-corrected chi connectivity index (χ3v) is 5.28. The Morgan fingerprint density at radius 3 is 1.29 bits per heavy atom. The van der Waals surface area contributed by atoms with Gasteiger partial charge in [0.05, 0.1) is 12.2 Å². The van der Waals surface area contributed by atoms with Gasteiger partial charge < -0.3 is 4.74 Å². The van der Waals surface area contributed by atoms with Gasteiger partial charge in [0.15, 0.2) is 0 Å². The summed E-state index contributed by atoms with van der Waals surface area (Å²) in [5.41, 5.74) is 0. The molecule has 0 unspecified atom stereocenters. The first kappa shape index (κ1) is 14.0. The summed E-state index contributed by atoms with van der Waals surface area (Å²) in [7, 11) is 0. The van der Waals surface area contributed by atoms with Gasteiger partial charge in [-0.25, -0.2) is 0 Å². The van der Waals surface area contributed by atoms with E-state index < -0.39 is 0 Å². The van der Waals surface area contributed by atoms with Crippen LogP contribution in [0, 0.1) is 11.8 Å². The fraction of sp³-hybridized carbons (Fsp3) is 1.00. The van der Waals surface area contributed by atoms with Crippen LogP contribution >= 0.6 is 23.2 Å². The predicted molar refractivity (Wildman–Crippen MR) is 74.0 cm³/mol. The van der Waals surface area contributed by atoms with Crippen LogP contribution in [0.4, 0.5) is 0 Å². The average Bonchev–Trinajstić information content (AvgIpc) is 2.40. The molecule has 100 valence electrons. The van der Waals surface area contributed by atoms with E-state index in [1.807, 2.05) is 0 Å². The van der Waals surface area contributed by atoms with Crippen LogP contribution in [0.25, 0.3) is 0 Å². The number of halogens is 2. The van der Waals surface area contributed by atoms with Gasteiger partial charge in [0, 0.05) is 11.8 Å². The van der Waals surface area contributed by atoms with Gasteiger partial charge in [-0.2, -0.15) is 0 Å². The molecule has 0 aromatic rings. The fourth-order valence-corrected chi connectivity index (χ4v) is 3.73. The molecule has 1 nitrogen and oxygen atoms in total. The predicted octanol–water partition coefficient (Wildman–Crippen LogP) is 4.60. The van der Waals surface area contributed by atoms with Crippen molar-refractivity contribution in [2.75, 3.05) is 11.8 Å². The number of hydrogen-bond donors (Lipinski definition) is 0. The number of alkyl halides is 2. The molecule has 0 aromatic heterocycles. The minimum absolute atomic E-state index is 0.506. The quantitative estimate of drug-likeness (QED) is 0.683. The monoisotopic (exact) mass is 278 g/mol. The van der Waals surface area contributed by atoms with E-state index in [2.05, 4.69) is 0 Å². The Kier molecular flexibility index (Phi) is 5.92. The molecular weight excluding hydrogens is 255 g/mol. The largest absolute Gasteiger partial charge is 0.375 e. The van der Waals surface area contributed by atoms with Gasteiger partial charge in [-0.3, -0.25) is 0 Å². The topological polar surface area (TPSA) is 9.23 Å². The van der Waals surface area contributed by atoms with Crippen LogP contribution < -0.4 is 0 Å². The molecule has 2 rings (SSSR count). The average molecular weight is 279 g/mol. The van der Waals surface area contributed by atoms with Crippen molar-refractivity contribution in [3.05, 3.63) is 0 Å². The molecule has 2 fully saturated rings. The van der Waals surface area contributed by atoms with E-state index in [0.717, 1.165) is 23.6 Å². The molecule has 3 heteroatoms. The second kappa shape index (κ2) is 7.21. The normalized spacial score (nSPS) is 39.2. The SMILES string of the molecule is ClCC1CCC(OC2CCC(CCl)CC2)CC1. The van der Waals surface area contributed by atoms with Crippen molar-refractivity contribution in [3.63, 3.8) is 0 Å². The Morgan fingerprint density at radius 2 is 1.00 bits per heavy atom. The molecule has 0 radical (unpaired) electrons. The fourth-order valence-electron chi connectivity index (χ4n) is 3.12. The van der Waals surface area contributed by atoms with Gasteiger partial charge in [0.2, 0.25) is 0 Å². The molecular formula is C14H24Cl2O. The van der Waals surface area contributed by atoms with E-state index in [1.54, 1.807) is 0 Å². The Morgan fingerprint density at radius 1 is 0.647 bits per heavy atom. The van der Waals surface area contributed by atoms with Crippen LogP contribution in [-0.2, 0) is 4.74 Å². The van der Waals surface area contributed by atoms with E-state index >= 15 is 0 Å². The van der Waals surface area contributed by atoms with Crippen LogP contribution in [0.2, 0.25) is 0 Å². The highest BCUT2D eigenvalue weighted by atomic mass is 35.5. The zero-order chi connectivity index (χ0) is 12.1. The highest BCUT2D eigenvalue weighted by molar-refractivity contribution is 6.18. The summed E-state index contributed by atoms with van der Waals surface area (Å²) in [6.45, 7) is 0. The Balaban J connectivity index is 1.65. The molecule has 2 aliphatic carbocycles. The molecule has 0 bridgehead atoms. The van der Waals surface area contributed by atoms with Gasteiger partial charge in [-0.05, 0) is 63.2 Å². The number of hydrogen-bond acceptors (Lipinski definition) is 1. The lowest BCUT2D eigenvalue weighted by atomic mass is 9.86. The van der Waals surface area contributed by atoms with Crippen molar-refractivity contribution >= 4 is 23.2 Å². The van der Waals surface area contributed by atoms with Crippen molar-refractivity contribution in [3.8, 4) is 0 Å². The maximum atomic E-state index is 6.23. The Bertz CT molecular complexity index is 184. The van der Waals surface area contributed by atoms with Crippen LogP contribution in [0.5, 0.6) is 0 Å². The lowest BCUT2D eigenvalue weighted by Gasteiger charge is -2.34. The van der Waals surface area contributed by atoms with Gasteiger partial charge in [-0.15, -0.1) is 23.2 Å². The summed E-state index contributed by atoms with van der Waals surface area (Å²) >= 11 is 11.8. The van der Waals surface area contributed by atoms with E-state index in [-0.39, 0.29) is 0 Å². The summed E-state index contributed by atoms with van der Waals surface area (Å²) in [4.78, 5) is 0. The summed E-state index contributed by atoms with van der Waals surface area (Å²) in [6, 6.07) is 0. The molecule has 0 spiro atoms. The lowest BCUT2D eigenvalue weighted by molar-refractivity contribution is -0.0542. The maximum Gasteiger partial charge on any atom is 0.0579 e. The summed E-state index contributed by atoms with van der Waals surface area (Å²) in [6.07, 6.45) is 10.9. The summed E-state index contributed by atoms with van der Waals surface area (Å²) in [5, 5.41) is 0. The minimum Gasteiger partial charge on any atom is -0.375 e. The van der Waals surface area contributed by atoms with Gasteiger partial charge in [0.25, 0.3) is 0 Å². The van der Waals surface area contributed by atoms with Gasteiger partial charge in [-0.1, -0.05) is 0 Å². The van der Waals surface area contributed by atoms with Crippen LogP contribution in [-0.4, -0.2) is 24.0 Å². The standard InChI is InChI=1S/C14H24Cl2O/c15-9-11-1-5-13(6-2-11)17-14-7-3-12(10-16)4-8-14/h11-14H,1-10H2. The zero-order valence-corrected chi connectivity index (χ0v) is 12.1. The second-order valence-electron chi connectivity index (χ2n) is 5.73. The highest BCUT2D eigenvalue weighted by Crippen LogP contribution is 2.32. The molecule has 0 aliphatic heterocycles. The first-order valence-corrected chi connectivity index (χ1v) is 8.16. The molecule has 0 N–H and O–H groups in total. The van der Waals surface area contributed by atoms with Crippen molar-refractivity contribution in [1.29, 1.82) is 0 Å². The van der Waals surface area contributed by atoms with Gasteiger partial charge >= 0.3 is 0 Å². The lowest BCUT2D eigenvalue weighted by Crippen LogP contribution is -2.30. The second-order valence-corrected chi connectivity index (χ2v) is 6.35. The Hall–Kier alpha value is 0.540. The first-order valence-electron chi connectivity index (χ1n) is 7.09. The highest BCUT2D eigenvalue weighted by Gasteiger charge is 2.26. The summed E-state index contributed by atoms with van der Waals surface area (Å²) in [5.74, 6) is 3.13.